The fourth-order valence-corrected chi connectivity index (χ4v) is 5.31. The molecule has 2 heterocycles. The number of imide groups is 1. The summed E-state index contributed by atoms with van der Waals surface area (Å²) in [6.45, 7) is -0.807. The Morgan fingerprint density at radius 1 is 1.41 bits per heavy atom. The molecule has 1 aromatic rings. The lowest BCUT2D eigenvalue weighted by atomic mass is 9.99. The van der Waals surface area contributed by atoms with Gasteiger partial charge in [-0.3, -0.25) is 4.68 Å². The van der Waals surface area contributed by atoms with Gasteiger partial charge < -0.3 is 0 Å². The monoisotopic (exact) mass is 461 g/mol. The van der Waals surface area contributed by atoms with E-state index < -0.39 is 39.4 Å². The number of alkyl halides is 1. The minimum Gasteiger partial charge on any atom is -0.275 e. The standard InChI is InChI=1S/C20H22FN6O4S/c1-25-11-14(10-23-25)12-27-18(28)16-9-15(32(30,31)24-20(13-21)5-6-20)3-4-17(16)26(19(27)29)8-2-7-22/h3-4,9-11,15,24H,2,5-6,8,12-13H2,1H3/q+1. The van der Waals surface area contributed by atoms with E-state index in [1.54, 1.807) is 13.2 Å². The first-order valence-corrected chi connectivity index (χ1v) is 11.6. The Balaban J connectivity index is 1.70. The van der Waals surface area contributed by atoms with Crippen LogP contribution in [0.15, 0.2) is 36.2 Å². The quantitative estimate of drug-likeness (QED) is 0.563. The van der Waals surface area contributed by atoms with Crippen molar-refractivity contribution in [2.45, 2.75) is 36.6 Å². The molecular weight excluding hydrogens is 439 g/mol. The smallest absolute Gasteiger partial charge is 0.275 e. The molecule has 1 unspecified atom stereocenters. The van der Waals surface area contributed by atoms with Gasteiger partial charge in [-0.2, -0.15) is 24.6 Å². The van der Waals surface area contributed by atoms with Gasteiger partial charge in [0.15, 0.2) is 0 Å². The largest absolute Gasteiger partial charge is 0.501 e. The predicted octanol–water partition coefficient (Wildman–Crippen LogP) is 0.536. The zero-order chi connectivity index (χ0) is 23.1. The zero-order valence-electron chi connectivity index (χ0n) is 17.4. The summed E-state index contributed by atoms with van der Waals surface area (Å²) in [6.07, 6.45) is 8.09. The van der Waals surface area contributed by atoms with Crippen LogP contribution >= 0.6 is 0 Å². The van der Waals surface area contributed by atoms with Crippen LogP contribution < -0.4 is 4.72 Å². The summed E-state index contributed by atoms with van der Waals surface area (Å²) in [6, 6.07) is 1.38. The molecule has 10 nitrogen and oxygen atoms in total. The van der Waals surface area contributed by atoms with Gasteiger partial charge in [0.05, 0.1) is 24.2 Å². The van der Waals surface area contributed by atoms with Crippen molar-refractivity contribution in [3.05, 3.63) is 41.8 Å². The Hall–Kier alpha value is -3.17. The van der Waals surface area contributed by atoms with Crippen molar-refractivity contribution in [1.82, 2.24) is 19.4 Å². The number of hydrogen-bond acceptors (Lipinski definition) is 6. The summed E-state index contributed by atoms with van der Waals surface area (Å²) < 4.78 is 44.1. The highest BCUT2D eigenvalue weighted by atomic mass is 32.2. The number of carbonyl (C=O) groups is 2. The van der Waals surface area contributed by atoms with E-state index in [-0.39, 0.29) is 30.8 Å². The molecule has 12 heteroatoms. The topological polar surface area (TPSA) is 128 Å². The maximum absolute atomic E-state index is 13.2. The molecule has 0 spiro atoms. The van der Waals surface area contributed by atoms with Gasteiger partial charge in [-0.1, -0.05) is 6.08 Å². The van der Waals surface area contributed by atoms with Crippen LogP contribution in [0, 0.1) is 11.3 Å². The van der Waals surface area contributed by atoms with E-state index in [0.717, 1.165) is 4.90 Å². The molecule has 1 saturated carbocycles. The number of carbonyl (C=O) groups excluding carboxylic acids is 2. The van der Waals surface area contributed by atoms with Crippen LogP contribution in [-0.2, 0) is 28.4 Å². The molecule has 0 bridgehead atoms. The fraction of sp³-hybridized carbons (Fsp3) is 0.450. The van der Waals surface area contributed by atoms with Crippen molar-refractivity contribution in [3.8, 4) is 6.07 Å². The van der Waals surface area contributed by atoms with E-state index in [1.165, 1.54) is 33.7 Å². The van der Waals surface area contributed by atoms with E-state index in [0.29, 0.717) is 18.4 Å². The Bertz CT molecular complexity index is 1220. The predicted molar refractivity (Wildman–Crippen MR) is 111 cm³/mol. The number of rotatable bonds is 8. The van der Waals surface area contributed by atoms with Crippen molar-refractivity contribution in [2.24, 2.45) is 7.05 Å². The number of aryl methyl sites for hydroxylation is 1. The van der Waals surface area contributed by atoms with Crippen molar-refractivity contribution in [2.75, 3.05) is 13.2 Å². The molecule has 1 aromatic heterocycles. The van der Waals surface area contributed by atoms with E-state index in [2.05, 4.69) is 9.82 Å². The summed E-state index contributed by atoms with van der Waals surface area (Å²) in [4.78, 5) is 27.3. The Kier molecular flexibility index (Phi) is 5.56. The Labute approximate surface area is 184 Å². The number of urea groups is 1. The average Bonchev–Trinajstić information content (AvgIpc) is 3.41. The molecule has 1 fully saturated rings. The van der Waals surface area contributed by atoms with Crippen molar-refractivity contribution in [3.63, 3.8) is 0 Å². The molecule has 0 saturated heterocycles. The van der Waals surface area contributed by atoms with Crippen molar-refractivity contribution >= 4 is 27.7 Å². The third-order valence-corrected chi connectivity index (χ3v) is 7.38. The second-order valence-electron chi connectivity index (χ2n) is 8.11. The average molecular weight is 461 g/mol. The molecule has 0 aromatic carbocycles. The highest BCUT2D eigenvalue weighted by Crippen LogP contribution is 2.37. The van der Waals surface area contributed by atoms with Gasteiger partial charge in [0.2, 0.25) is 10.0 Å². The summed E-state index contributed by atoms with van der Waals surface area (Å²) in [5.74, 6) is -0.641. The zero-order valence-corrected chi connectivity index (χ0v) is 18.2. The van der Waals surface area contributed by atoms with Gasteiger partial charge in [-0.15, -0.1) is 0 Å². The maximum atomic E-state index is 13.2. The molecule has 1 aliphatic heterocycles. The molecule has 4 rings (SSSR count). The van der Waals surface area contributed by atoms with Crippen molar-refractivity contribution < 1.29 is 27.0 Å². The lowest BCUT2D eigenvalue weighted by Crippen LogP contribution is -2.52. The molecule has 168 valence electrons. The van der Waals surface area contributed by atoms with Crippen LogP contribution in [0.5, 0.6) is 0 Å². The number of hydrogen-bond donors (Lipinski definition) is 1. The summed E-state index contributed by atoms with van der Waals surface area (Å²) >= 11 is 0. The van der Waals surface area contributed by atoms with Crippen LogP contribution in [0.25, 0.3) is 0 Å². The first-order valence-electron chi connectivity index (χ1n) is 10.0. The number of nitriles is 1. The molecule has 2 aliphatic carbocycles. The number of allylic oxidation sites excluding steroid dienone is 1. The summed E-state index contributed by atoms with van der Waals surface area (Å²) in [5, 5.41) is 11.8. The Morgan fingerprint density at radius 3 is 2.75 bits per heavy atom. The van der Waals surface area contributed by atoms with E-state index in [4.69, 9.17) is 5.26 Å². The van der Waals surface area contributed by atoms with Crippen molar-refractivity contribution in [1.29, 1.82) is 5.26 Å². The highest BCUT2D eigenvalue weighted by Gasteiger charge is 2.49. The first kappa shape index (κ1) is 22.0. The summed E-state index contributed by atoms with van der Waals surface area (Å²) in [7, 11) is -2.29. The summed E-state index contributed by atoms with van der Waals surface area (Å²) in [5.41, 5.74) is -0.146. The van der Waals surface area contributed by atoms with Gasteiger partial charge in [0.25, 0.3) is 0 Å². The third kappa shape index (κ3) is 4.01. The first-order chi connectivity index (χ1) is 15.2. The minimum atomic E-state index is -3.99. The number of halogens is 1. The normalized spacial score (nSPS) is 22.0. The van der Waals surface area contributed by atoms with Gasteiger partial charge >= 0.3 is 11.9 Å². The molecule has 32 heavy (non-hydrogen) atoms. The lowest BCUT2D eigenvalue weighted by Gasteiger charge is -2.26. The number of amides is 3. The SMILES string of the molecule is Cn1cc(CN2C(=O)C3=CC(S(=O)(=O)NC4(CF)CC4)C=CC3=[N+](CCC#N)C2=O)cn1. The second-order valence-corrected chi connectivity index (χ2v) is 9.94. The fourth-order valence-electron chi connectivity index (χ4n) is 3.71. The lowest BCUT2D eigenvalue weighted by molar-refractivity contribution is -0.435. The van der Waals surface area contributed by atoms with Crippen LogP contribution in [0.4, 0.5) is 9.18 Å². The van der Waals surface area contributed by atoms with Crippen LogP contribution in [0.2, 0.25) is 0 Å². The van der Waals surface area contributed by atoms with Crippen LogP contribution in [0.3, 0.4) is 0 Å². The van der Waals surface area contributed by atoms with Gasteiger partial charge in [-0.25, -0.2) is 22.3 Å². The number of nitrogens with one attached hydrogen (secondary N) is 1. The molecule has 0 radical (unpaired) electrons. The molecular formula is C20H22FN6O4S+. The number of nitrogens with zero attached hydrogens (tertiary/aromatic N) is 5. The van der Waals surface area contributed by atoms with Gasteiger partial charge in [0.1, 0.15) is 36.3 Å². The molecule has 1 N–H and O–H groups in total. The van der Waals surface area contributed by atoms with Crippen LogP contribution in [-0.4, -0.2) is 69.3 Å². The van der Waals surface area contributed by atoms with Gasteiger partial charge in [-0.05, 0) is 25.0 Å². The highest BCUT2D eigenvalue weighted by molar-refractivity contribution is 7.90. The Morgan fingerprint density at radius 2 is 2.16 bits per heavy atom. The van der Waals surface area contributed by atoms with Crippen LogP contribution in [0.1, 0.15) is 24.8 Å². The van der Waals surface area contributed by atoms with E-state index in [9.17, 15) is 22.4 Å². The minimum absolute atomic E-state index is 0.0353. The van der Waals surface area contributed by atoms with E-state index >= 15 is 0 Å². The number of sulfonamides is 1. The molecule has 3 amide bonds. The molecule has 1 atom stereocenters. The third-order valence-electron chi connectivity index (χ3n) is 5.65. The molecule has 3 aliphatic rings. The number of fused-ring (bicyclic) bond motifs is 1. The second kappa shape index (κ2) is 8.07. The van der Waals surface area contributed by atoms with Gasteiger partial charge in [0, 0.05) is 18.8 Å². The number of aromatic nitrogens is 2. The maximum Gasteiger partial charge on any atom is 0.501 e. The van der Waals surface area contributed by atoms with E-state index in [1.807, 2.05) is 6.07 Å².